The second kappa shape index (κ2) is 4.87. The lowest BCUT2D eigenvalue weighted by molar-refractivity contribution is -0.144. The van der Waals surface area contributed by atoms with Crippen molar-refractivity contribution in [3.05, 3.63) is 0 Å². The van der Waals surface area contributed by atoms with Gasteiger partial charge in [0.15, 0.2) is 9.84 Å². The van der Waals surface area contributed by atoms with Gasteiger partial charge in [-0.3, -0.25) is 9.59 Å². The molecule has 18 heavy (non-hydrogen) atoms. The second-order valence-electron chi connectivity index (χ2n) is 4.88. The number of rotatable bonds is 3. The second-order valence-corrected chi connectivity index (χ2v) is 7.28. The number of carbonyl (C=O) groups is 2. The van der Waals surface area contributed by atoms with Gasteiger partial charge in [-0.05, 0) is 19.3 Å². The van der Waals surface area contributed by atoms with Crippen molar-refractivity contribution in [3.63, 3.8) is 0 Å². The van der Waals surface area contributed by atoms with Crippen LogP contribution in [0.3, 0.4) is 0 Å². The molecule has 2 rings (SSSR count). The third-order valence-corrected chi connectivity index (χ3v) is 5.83. The molecule has 0 aromatic heterocycles. The van der Waals surface area contributed by atoms with E-state index in [4.69, 9.17) is 0 Å². The SMILES string of the molecule is CCC1NC(=O)CN(CC2CCCS2(=O)=O)C1=O. The number of hydrogen-bond donors (Lipinski definition) is 1. The van der Waals surface area contributed by atoms with Crippen LogP contribution < -0.4 is 5.32 Å². The molecule has 0 bridgehead atoms. The van der Waals surface area contributed by atoms with E-state index in [2.05, 4.69) is 5.32 Å². The molecule has 7 heteroatoms. The minimum atomic E-state index is -3.08. The van der Waals surface area contributed by atoms with Crippen molar-refractivity contribution in [2.45, 2.75) is 37.5 Å². The molecule has 2 amide bonds. The van der Waals surface area contributed by atoms with E-state index in [-0.39, 0.29) is 30.7 Å². The van der Waals surface area contributed by atoms with Gasteiger partial charge in [0.05, 0.1) is 17.5 Å². The quantitative estimate of drug-likeness (QED) is 0.737. The van der Waals surface area contributed by atoms with Gasteiger partial charge in [0.1, 0.15) is 6.04 Å². The van der Waals surface area contributed by atoms with Gasteiger partial charge >= 0.3 is 0 Å². The number of sulfone groups is 1. The number of carbonyl (C=O) groups excluding carboxylic acids is 2. The Bertz CT molecular complexity index is 460. The molecule has 0 aliphatic carbocycles. The zero-order valence-corrected chi connectivity index (χ0v) is 11.2. The summed E-state index contributed by atoms with van der Waals surface area (Å²) in [7, 11) is -3.08. The normalized spacial score (nSPS) is 31.5. The Kier molecular flexibility index (Phi) is 3.61. The van der Waals surface area contributed by atoms with Crippen molar-refractivity contribution in [3.8, 4) is 0 Å². The fourth-order valence-electron chi connectivity index (χ4n) is 2.51. The monoisotopic (exact) mass is 274 g/mol. The first kappa shape index (κ1) is 13.3. The van der Waals surface area contributed by atoms with Crippen LogP contribution in [0.2, 0.25) is 0 Å². The Balaban J connectivity index is 2.08. The number of nitrogens with zero attached hydrogens (tertiary/aromatic N) is 1. The first-order valence-electron chi connectivity index (χ1n) is 6.23. The average Bonchev–Trinajstić information content (AvgIpc) is 2.63. The molecule has 0 aromatic rings. The molecule has 6 nitrogen and oxygen atoms in total. The van der Waals surface area contributed by atoms with Crippen molar-refractivity contribution in [1.29, 1.82) is 0 Å². The van der Waals surface area contributed by atoms with E-state index in [0.29, 0.717) is 19.3 Å². The van der Waals surface area contributed by atoms with Crippen LogP contribution >= 0.6 is 0 Å². The lowest BCUT2D eigenvalue weighted by Crippen LogP contribution is -2.59. The van der Waals surface area contributed by atoms with Gasteiger partial charge in [0.2, 0.25) is 11.8 Å². The predicted molar refractivity (Wildman–Crippen MR) is 65.6 cm³/mol. The highest BCUT2D eigenvalue weighted by atomic mass is 32.2. The van der Waals surface area contributed by atoms with Crippen LogP contribution in [0.15, 0.2) is 0 Å². The summed E-state index contributed by atoms with van der Waals surface area (Å²) in [5.74, 6) is -0.181. The molecule has 0 spiro atoms. The molecule has 2 fully saturated rings. The third-order valence-electron chi connectivity index (χ3n) is 3.57. The molecular weight excluding hydrogens is 256 g/mol. The topological polar surface area (TPSA) is 83.6 Å². The lowest BCUT2D eigenvalue weighted by Gasteiger charge is -2.33. The molecule has 2 aliphatic heterocycles. The summed E-state index contributed by atoms with van der Waals surface area (Å²) in [6.45, 7) is 1.95. The summed E-state index contributed by atoms with van der Waals surface area (Å²) in [4.78, 5) is 24.9. The molecule has 102 valence electrons. The first-order chi connectivity index (χ1) is 8.44. The van der Waals surface area contributed by atoms with E-state index in [9.17, 15) is 18.0 Å². The van der Waals surface area contributed by atoms with Gasteiger partial charge in [-0.2, -0.15) is 0 Å². The van der Waals surface area contributed by atoms with Crippen molar-refractivity contribution in [2.24, 2.45) is 0 Å². The summed E-state index contributed by atoms with van der Waals surface area (Å²) >= 11 is 0. The van der Waals surface area contributed by atoms with Crippen LogP contribution in [0.1, 0.15) is 26.2 Å². The molecule has 1 N–H and O–H groups in total. The van der Waals surface area contributed by atoms with Crippen molar-refractivity contribution < 1.29 is 18.0 Å². The molecule has 2 unspecified atom stereocenters. The Morgan fingerprint density at radius 3 is 2.67 bits per heavy atom. The maximum absolute atomic E-state index is 12.0. The van der Waals surface area contributed by atoms with E-state index >= 15 is 0 Å². The molecule has 2 heterocycles. The molecule has 2 aliphatic rings. The summed E-state index contributed by atoms with van der Waals surface area (Å²) in [5, 5.41) is 2.12. The average molecular weight is 274 g/mol. The molecule has 0 radical (unpaired) electrons. The number of hydrogen-bond acceptors (Lipinski definition) is 4. The molecule has 2 atom stereocenters. The Morgan fingerprint density at radius 1 is 1.39 bits per heavy atom. The molecular formula is C11H18N2O4S. The standard InChI is InChI=1S/C11H18N2O4S/c1-2-9-11(15)13(7-10(14)12-9)6-8-4-3-5-18(8,16)17/h8-9H,2-7H2,1H3,(H,12,14). The Hall–Kier alpha value is -1.11. The molecule has 0 aromatic carbocycles. The van der Waals surface area contributed by atoms with Crippen molar-refractivity contribution in [2.75, 3.05) is 18.8 Å². The van der Waals surface area contributed by atoms with Crippen LogP contribution in [-0.4, -0.2) is 55.3 Å². The highest BCUT2D eigenvalue weighted by molar-refractivity contribution is 7.92. The largest absolute Gasteiger partial charge is 0.343 e. The zero-order chi connectivity index (χ0) is 13.3. The lowest BCUT2D eigenvalue weighted by atomic mass is 10.1. The van der Waals surface area contributed by atoms with Gasteiger partial charge < -0.3 is 10.2 Å². The zero-order valence-electron chi connectivity index (χ0n) is 10.4. The number of piperazine rings is 1. The van der Waals surface area contributed by atoms with Crippen LogP contribution in [-0.2, 0) is 19.4 Å². The highest BCUT2D eigenvalue weighted by Gasteiger charge is 2.37. The first-order valence-corrected chi connectivity index (χ1v) is 7.95. The van der Waals surface area contributed by atoms with Crippen LogP contribution in [0.5, 0.6) is 0 Å². The number of nitrogens with one attached hydrogen (secondary N) is 1. The third kappa shape index (κ3) is 2.50. The highest BCUT2D eigenvalue weighted by Crippen LogP contribution is 2.21. The van der Waals surface area contributed by atoms with Crippen molar-refractivity contribution >= 4 is 21.7 Å². The minimum absolute atomic E-state index is 0.0264. The summed E-state index contributed by atoms with van der Waals surface area (Å²) in [6, 6.07) is -0.504. The number of amides is 2. The summed E-state index contributed by atoms with van der Waals surface area (Å²) in [6.07, 6.45) is 1.77. The van der Waals surface area contributed by atoms with Gasteiger partial charge in [-0.15, -0.1) is 0 Å². The van der Waals surface area contributed by atoms with Gasteiger partial charge in [0.25, 0.3) is 0 Å². The van der Waals surface area contributed by atoms with Crippen LogP contribution in [0, 0.1) is 0 Å². The van der Waals surface area contributed by atoms with E-state index in [1.165, 1.54) is 4.90 Å². The van der Waals surface area contributed by atoms with E-state index in [1.807, 2.05) is 6.92 Å². The van der Waals surface area contributed by atoms with E-state index in [0.717, 1.165) is 0 Å². The fraction of sp³-hybridized carbons (Fsp3) is 0.818. The van der Waals surface area contributed by atoms with Gasteiger partial charge in [-0.25, -0.2) is 8.42 Å². The van der Waals surface area contributed by atoms with E-state index in [1.54, 1.807) is 0 Å². The van der Waals surface area contributed by atoms with E-state index < -0.39 is 21.1 Å². The van der Waals surface area contributed by atoms with Gasteiger partial charge in [-0.1, -0.05) is 6.92 Å². The fourth-order valence-corrected chi connectivity index (χ4v) is 4.35. The molecule has 2 saturated heterocycles. The van der Waals surface area contributed by atoms with Gasteiger partial charge in [0, 0.05) is 6.54 Å². The van der Waals surface area contributed by atoms with Crippen molar-refractivity contribution in [1.82, 2.24) is 10.2 Å². The summed E-state index contributed by atoms with van der Waals surface area (Å²) < 4.78 is 23.5. The molecule has 0 saturated carbocycles. The maximum Gasteiger partial charge on any atom is 0.245 e. The maximum atomic E-state index is 12.0. The summed E-state index contributed by atoms with van der Waals surface area (Å²) in [5.41, 5.74) is 0. The van der Waals surface area contributed by atoms with Crippen LogP contribution in [0.4, 0.5) is 0 Å². The Labute approximate surface area is 107 Å². The smallest absolute Gasteiger partial charge is 0.245 e. The van der Waals surface area contributed by atoms with Crippen LogP contribution in [0.25, 0.3) is 0 Å². The Morgan fingerprint density at radius 2 is 2.11 bits per heavy atom. The predicted octanol–water partition coefficient (Wildman–Crippen LogP) is -0.699. The minimum Gasteiger partial charge on any atom is -0.343 e.